The van der Waals surface area contributed by atoms with Gasteiger partial charge in [-0.3, -0.25) is 4.79 Å². The second kappa shape index (κ2) is 4.18. The number of rotatable bonds is 3. The number of carbonyl (C=O) groups is 1. The summed E-state index contributed by atoms with van der Waals surface area (Å²) in [7, 11) is 1.92. The van der Waals surface area contributed by atoms with Crippen molar-refractivity contribution in [1.29, 1.82) is 0 Å². The van der Waals surface area contributed by atoms with Crippen LogP contribution in [0.3, 0.4) is 0 Å². The topological polar surface area (TPSA) is 26.9 Å². The van der Waals surface area contributed by atoms with E-state index in [1.165, 1.54) is 5.39 Å². The Morgan fingerprint density at radius 1 is 1.11 bits per heavy atom. The summed E-state index contributed by atoms with van der Waals surface area (Å²) in [6.45, 7) is 0.386. The Hall–Kier alpha value is -2.29. The molecule has 2 heterocycles. The van der Waals surface area contributed by atoms with E-state index in [2.05, 4.69) is 6.07 Å². The molecule has 0 bridgehead atoms. The van der Waals surface area contributed by atoms with Crippen molar-refractivity contribution in [1.82, 2.24) is 9.13 Å². The molecule has 0 spiro atoms. The van der Waals surface area contributed by atoms with Crippen LogP contribution in [-0.4, -0.2) is 14.9 Å². The first-order valence-electron chi connectivity index (χ1n) is 5.93. The van der Waals surface area contributed by atoms with E-state index in [9.17, 15) is 4.79 Å². The van der Waals surface area contributed by atoms with Crippen molar-refractivity contribution in [2.45, 2.75) is 6.54 Å². The molecule has 0 N–H and O–H groups in total. The quantitative estimate of drug-likeness (QED) is 0.644. The van der Waals surface area contributed by atoms with Gasteiger partial charge in [-0.2, -0.15) is 0 Å². The molecule has 3 rings (SSSR count). The standard InChI is InChI=1S/C15H14N2O/c1-16-8-6-13(10-16)15(18)11-17-9-7-12-4-2-3-5-14(12)17/h2-10H,11H2,1H3. The highest BCUT2D eigenvalue weighted by molar-refractivity contribution is 5.96. The van der Waals surface area contributed by atoms with Crippen molar-refractivity contribution in [2.24, 2.45) is 7.05 Å². The maximum Gasteiger partial charge on any atom is 0.184 e. The molecule has 18 heavy (non-hydrogen) atoms. The van der Waals surface area contributed by atoms with Crippen LogP contribution in [0.2, 0.25) is 0 Å². The average molecular weight is 238 g/mol. The van der Waals surface area contributed by atoms with Crippen molar-refractivity contribution < 1.29 is 4.79 Å². The van der Waals surface area contributed by atoms with E-state index in [1.807, 2.05) is 65.1 Å². The minimum Gasteiger partial charge on any atom is -0.357 e. The van der Waals surface area contributed by atoms with Gasteiger partial charge >= 0.3 is 0 Å². The highest BCUT2D eigenvalue weighted by Gasteiger charge is 2.09. The van der Waals surface area contributed by atoms with Gasteiger partial charge in [0.1, 0.15) is 0 Å². The lowest BCUT2D eigenvalue weighted by Gasteiger charge is -2.03. The van der Waals surface area contributed by atoms with Gasteiger partial charge in [-0.05, 0) is 23.6 Å². The lowest BCUT2D eigenvalue weighted by Crippen LogP contribution is -2.08. The number of aromatic nitrogens is 2. The molecule has 3 aromatic rings. The van der Waals surface area contributed by atoms with E-state index < -0.39 is 0 Å². The molecule has 0 fully saturated rings. The molecule has 0 aliphatic carbocycles. The summed E-state index contributed by atoms with van der Waals surface area (Å²) in [5, 5.41) is 1.17. The van der Waals surface area contributed by atoms with E-state index in [1.54, 1.807) is 0 Å². The number of aryl methyl sites for hydroxylation is 1. The molecule has 0 aliphatic rings. The maximum atomic E-state index is 12.1. The number of hydrogen-bond donors (Lipinski definition) is 0. The van der Waals surface area contributed by atoms with Crippen molar-refractivity contribution in [3.8, 4) is 0 Å². The Morgan fingerprint density at radius 2 is 1.94 bits per heavy atom. The van der Waals surface area contributed by atoms with Crippen LogP contribution in [0.5, 0.6) is 0 Å². The lowest BCUT2D eigenvalue weighted by molar-refractivity contribution is 0.0973. The van der Waals surface area contributed by atoms with Crippen molar-refractivity contribution in [3.63, 3.8) is 0 Å². The summed E-state index contributed by atoms with van der Waals surface area (Å²) < 4.78 is 3.88. The van der Waals surface area contributed by atoms with Crippen molar-refractivity contribution in [3.05, 3.63) is 60.6 Å². The second-order valence-corrected chi connectivity index (χ2v) is 4.49. The Balaban J connectivity index is 1.90. The van der Waals surface area contributed by atoms with Gasteiger partial charge < -0.3 is 9.13 Å². The van der Waals surface area contributed by atoms with Crippen LogP contribution in [0.1, 0.15) is 10.4 Å². The van der Waals surface area contributed by atoms with Gasteiger partial charge in [0.25, 0.3) is 0 Å². The predicted molar refractivity (Wildman–Crippen MR) is 71.7 cm³/mol. The summed E-state index contributed by atoms with van der Waals surface area (Å²) in [5.41, 5.74) is 1.86. The number of fused-ring (bicyclic) bond motifs is 1. The Bertz CT molecular complexity index is 706. The first-order valence-corrected chi connectivity index (χ1v) is 5.93. The minimum absolute atomic E-state index is 0.136. The average Bonchev–Trinajstić information content (AvgIpc) is 2.97. The molecule has 0 saturated carbocycles. The summed E-state index contributed by atoms with van der Waals surface area (Å²) in [6, 6.07) is 12.0. The number of ketones is 1. The molecule has 1 aromatic carbocycles. The third kappa shape index (κ3) is 1.84. The number of Topliss-reactive ketones (excluding diaryl/α,β-unsaturated/α-hetero) is 1. The third-order valence-electron chi connectivity index (χ3n) is 3.15. The summed E-state index contributed by atoms with van der Waals surface area (Å²) in [6.07, 6.45) is 5.71. The van der Waals surface area contributed by atoms with Crippen LogP contribution in [0.15, 0.2) is 55.0 Å². The number of hydrogen-bond acceptors (Lipinski definition) is 1. The van der Waals surface area contributed by atoms with E-state index in [4.69, 9.17) is 0 Å². The largest absolute Gasteiger partial charge is 0.357 e. The van der Waals surface area contributed by atoms with Crippen LogP contribution in [-0.2, 0) is 13.6 Å². The smallest absolute Gasteiger partial charge is 0.184 e. The number of para-hydroxylation sites is 1. The lowest BCUT2D eigenvalue weighted by atomic mass is 10.2. The summed E-state index contributed by atoms with van der Waals surface area (Å²) in [4.78, 5) is 12.1. The van der Waals surface area contributed by atoms with E-state index in [-0.39, 0.29) is 5.78 Å². The first-order chi connectivity index (χ1) is 8.74. The van der Waals surface area contributed by atoms with Gasteiger partial charge in [-0.15, -0.1) is 0 Å². The second-order valence-electron chi connectivity index (χ2n) is 4.49. The molecule has 0 saturated heterocycles. The normalized spacial score (nSPS) is 10.9. The fourth-order valence-corrected chi connectivity index (χ4v) is 2.19. The number of carbonyl (C=O) groups excluding carboxylic acids is 1. The highest BCUT2D eigenvalue weighted by atomic mass is 16.1. The molecule has 0 aliphatic heterocycles. The van der Waals surface area contributed by atoms with Crippen LogP contribution >= 0.6 is 0 Å². The van der Waals surface area contributed by atoms with Gasteiger partial charge in [-0.25, -0.2) is 0 Å². The number of nitrogens with zero attached hydrogens (tertiary/aromatic N) is 2. The van der Waals surface area contributed by atoms with Gasteiger partial charge in [0.2, 0.25) is 0 Å². The van der Waals surface area contributed by atoms with Gasteiger partial charge in [-0.1, -0.05) is 18.2 Å². The Morgan fingerprint density at radius 3 is 2.72 bits per heavy atom. The Kier molecular flexibility index (Phi) is 2.52. The maximum absolute atomic E-state index is 12.1. The molecule has 0 atom stereocenters. The molecule has 2 aromatic heterocycles. The minimum atomic E-state index is 0.136. The van der Waals surface area contributed by atoms with Gasteiger partial charge in [0, 0.05) is 36.7 Å². The molecule has 0 unspecified atom stereocenters. The van der Waals surface area contributed by atoms with E-state index in [0.29, 0.717) is 6.54 Å². The zero-order chi connectivity index (χ0) is 12.5. The van der Waals surface area contributed by atoms with Gasteiger partial charge in [0.15, 0.2) is 5.78 Å². The SMILES string of the molecule is Cn1ccc(C(=O)Cn2ccc3ccccc32)c1. The zero-order valence-corrected chi connectivity index (χ0v) is 10.2. The highest BCUT2D eigenvalue weighted by Crippen LogP contribution is 2.15. The van der Waals surface area contributed by atoms with Crippen LogP contribution in [0.25, 0.3) is 10.9 Å². The summed E-state index contributed by atoms with van der Waals surface area (Å²) >= 11 is 0. The molecular weight excluding hydrogens is 224 g/mol. The van der Waals surface area contributed by atoms with Crippen molar-refractivity contribution in [2.75, 3.05) is 0 Å². The van der Waals surface area contributed by atoms with Crippen LogP contribution in [0.4, 0.5) is 0 Å². The first kappa shape index (κ1) is 10.8. The third-order valence-corrected chi connectivity index (χ3v) is 3.15. The van der Waals surface area contributed by atoms with E-state index >= 15 is 0 Å². The van der Waals surface area contributed by atoms with Crippen LogP contribution in [0, 0.1) is 0 Å². The van der Waals surface area contributed by atoms with E-state index in [0.717, 1.165) is 11.1 Å². The number of benzene rings is 1. The molecule has 90 valence electrons. The molecule has 3 nitrogen and oxygen atoms in total. The fraction of sp³-hybridized carbons (Fsp3) is 0.133. The van der Waals surface area contributed by atoms with Crippen LogP contribution < -0.4 is 0 Å². The van der Waals surface area contributed by atoms with Crippen molar-refractivity contribution >= 4 is 16.7 Å². The Labute approximate surface area is 105 Å². The molecule has 0 amide bonds. The summed E-state index contributed by atoms with van der Waals surface area (Å²) in [5.74, 6) is 0.136. The monoisotopic (exact) mass is 238 g/mol. The fourth-order valence-electron chi connectivity index (χ4n) is 2.19. The van der Waals surface area contributed by atoms with Gasteiger partial charge in [0.05, 0.1) is 6.54 Å². The molecular formula is C15H14N2O. The molecule has 3 heteroatoms. The molecule has 0 radical (unpaired) electrons. The zero-order valence-electron chi connectivity index (χ0n) is 10.2. The predicted octanol–water partition coefficient (Wildman–Crippen LogP) is 2.86.